The van der Waals surface area contributed by atoms with E-state index in [1.54, 1.807) is 6.07 Å². The predicted octanol–water partition coefficient (Wildman–Crippen LogP) is 2.95. The molecular formula is C14H19Cl2NO2S. The minimum absolute atomic E-state index is 0.255. The highest BCUT2D eigenvalue weighted by Gasteiger charge is 2.29. The minimum atomic E-state index is -2.80. The third-order valence-corrected chi connectivity index (χ3v) is 6.39. The normalized spacial score (nSPS) is 22.9. The summed E-state index contributed by atoms with van der Waals surface area (Å²) < 4.78 is 23.0. The van der Waals surface area contributed by atoms with Crippen molar-refractivity contribution in [3.05, 3.63) is 33.8 Å². The Hall–Kier alpha value is -0.290. The van der Waals surface area contributed by atoms with Crippen LogP contribution in [0.5, 0.6) is 0 Å². The van der Waals surface area contributed by atoms with Crippen molar-refractivity contribution in [1.29, 1.82) is 0 Å². The van der Waals surface area contributed by atoms with Crippen LogP contribution in [0.3, 0.4) is 0 Å². The molecule has 0 saturated carbocycles. The molecule has 0 aliphatic carbocycles. The van der Waals surface area contributed by atoms with Gasteiger partial charge in [0.1, 0.15) is 0 Å². The van der Waals surface area contributed by atoms with Gasteiger partial charge in [-0.2, -0.15) is 0 Å². The average molecular weight is 336 g/mol. The van der Waals surface area contributed by atoms with Crippen LogP contribution >= 0.6 is 23.2 Å². The third-order valence-electron chi connectivity index (χ3n) is 3.82. The highest BCUT2D eigenvalue weighted by molar-refractivity contribution is 7.91. The van der Waals surface area contributed by atoms with Gasteiger partial charge in [-0.15, -0.1) is 0 Å². The lowest BCUT2D eigenvalue weighted by atomic mass is 9.95. The standard InChI is InChI=1S/C14H19Cl2NO2S/c1-17-12(7-11-4-5-20(18,19)9-11)6-10-2-3-13(15)14(16)8-10/h2-3,8,11-12,17H,4-7,9H2,1H3. The van der Waals surface area contributed by atoms with E-state index in [1.165, 1.54) is 0 Å². The molecule has 2 atom stereocenters. The fraction of sp³-hybridized carbons (Fsp3) is 0.571. The van der Waals surface area contributed by atoms with Gasteiger partial charge in [-0.25, -0.2) is 8.42 Å². The first kappa shape index (κ1) is 16.1. The first-order valence-electron chi connectivity index (χ1n) is 6.71. The van der Waals surface area contributed by atoms with Crippen LogP contribution in [0.15, 0.2) is 18.2 Å². The molecule has 2 unspecified atom stereocenters. The first-order valence-corrected chi connectivity index (χ1v) is 9.29. The Bertz CT molecular complexity index is 575. The molecule has 0 radical (unpaired) electrons. The Morgan fingerprint density at radius 2 is 2.10 bits per heavy atom. The molecule has 3 nitrogen and oxygen atoms in total. The summed E-state index contributed by atoms with van der Waals surface area (Å²) in [6.45, 7) is 0. The van der Waals surface area contributed by atoms with Crippen LogP contribution in [0.1, 0.15) is 18.4 Å². The quantitative estimate of drug-likeness (QED) is 0.899. The van der Waals surface area contributed by atoms with Crippen molar-refractivity contribution in [3.63, 3.8) is 0 Å². The van der Waals surface area contributed by atoms with E-state index < -0.39 is 9.84 Å². The van der Waals surface area contributed by atoms with Crippen LogP contribution in [0, 0.1) is 5.92 Å². The number of hydrogen-bond donors (Lipinski definition) is 1. The maximum Gasteiger partial charge on any atom is 0.150 e. The van der Waals surface area contributed by atoms with E-state index in [0.29, 0.717) is 21.6 Å². The molecule has 20 heavy (non-hydrogen) atoms. The molecule has 112 valence electrons. The number of sulfone groups is 1. The van der Waals surface area contributed by atoms with Gasteiger partial charge in [-0.3, -0.25) is 0 Å². The summed E-state index contributed by atoms with van der Waals surface area (Å²) in [5.74, 6) is 0.924. The number of nitrogens with one attached hydrogen (secondary N) is 1. The molecule has 6 heteroatoms. The number of likely N-dealkylation sites (N-methyl/N-ethyl adjacent to an activating group) is 1. The molecule has 2 rings (SSSR count). The Morgan fingerprint density at radius 1 is 1.35 bits per heavy atom. The molecule has 0 bridgehead atoms. The van der Waals surface area contributed by atoms with E-state index in [0.717, 1.165) is 24.8 Å². The van der Waals surface area contributed by atoms with E-state index >= 15 is 0 Å². The molecule has 1 N–H and O–H groups in total. The molecule has 1 aromatic rings. The van der Waals surface area contributed by atoms with Gasteiger partial charge < -0.3 is 5.32 Å². The monoisotopic (exact) mass is 335 g/mol. The van der Waals surface area contributed by atoms with E-state index in [9.17, 15) is 8.42 Å². The Labute approximate surface area is 130 Å². The van der Waals surface area contributed by atoms with Gasteiger partial charge in [-0.05, 0) is 49.9 Å². The number of rotatable bonds is 5. The number of hydrogen-bond acceptors (Lipinski definition) is 3. The van der Waals surface area contributed by atoms with E-state index in [1.807, 2.05) is 19.2 Å². The summed E-state index contributed by atoms with van der Waals surface area (Å²) in [5, 5.41) is 4.38. The number of benzene rings is 1. The fourth-order valence-electron chi connectivity index (χ4n) is 2.71. The number of halogens is 2. The van der Waals surface area contributed by atoms with Crippen molar-refractivity contribution in [2.24, 2.45) is 5.92 Å². The molecule has 0 aromatic heterocycles. The second-order valence-electron chi connectivity index (χ2n) is 5.44. The minimum Gasteiger partial charge on any atom is -0.317 e. The molecule has 1 heterocycles. The van der Waals surface area contributed by atoms with Crippen molar-refractivity contribution < 1.29 is 8.42 Å². The smallest absolute Gasteiger partial charge is 0.150 e. The molecule has 0 amide bonds. The van der Waals surface area contributed by atoms with Crippen molar-refractivity contribution in [3.8, 4) is 0 Å². The molecule has 1 aliphatic heterocycles. The average Bonchev–Trinajstić information content (AvgIpc) is 2.72. The zero-order chi connectivity index (χ0) is 14.8. The zero-order valence-electron chi connectivity index (χ0n) is 11.4. The SMILES string of the molecule is CNC(Cc1ccc(Cl)c(Cl)c1)CC1CCS(=O)(=O)C1. The van der Waals surface area contributed by atoms with Gasteiger partial charge >= 0.3 is 0 Å². The summed E-state index contributed by atoms with van der Waals surface area (Å²) in [5.41, 5.74) is 1.11. The lowest BCUT2D eigenvalue weighted by Crippen LogP contribution is -2.30. The Balaban J connectivity index is 1.97. The van der Waals surface area contributed by atoms with Crippen molar-refractivity contribution >= 4 is 33.0 Å². The van der Waals surface area contributed by atoms with Crippen molar-refractivity contribution in [2.75, 3.05) is 18.6 Å². The Morgan fingerprint density at radius 3 is 2.65 bits per heavy atom. The maximum absolute atomic E-state index is 11.5. The topological polar surface area (TPSA) is 46.2 Å². The molecule has 1 aromatic carbocycles. The van der Waals surface area contributed by atoms with Crippen LogP contribution in [0.2, 0.25) is 10.0 Å². The van der Waals surface area contributed by atoms with Gasteiger partial charge in [0.2, 0.25) is 0 Å². The molecule has 1 saturated heterocycles. The maximum atomic E-state index is 11.5. The van der Waals surface area contributed by atoms with Crippen LogP contribution < -0.4 is 5.32 Å². The van der Waals surface area contributed by atoms with Crippen molar-refractivity contribution in [2.45, 2.75) is 25.3 Å². The molecule has 1 aliphatic rings. The highest BCUT2D eigenvalue weighted by atomic mass is 35.5. The predicted molar refractivity (Wildman–Crippen MR) is 84.4 cm³/mol. The lowest BCUT2D eigenvalue weighted by Gasteiger charge is -2.19. The molecule has 0 spiro atoms. The highest BCUT2D eigenvalue weighted by Crippen LogP contribution is 2.26. The summed E-state index contributed by atoms with van der Waals surface area (Å²) in [6.07, 6.45) is 2.47. The van der Waals surface area contributed by atoms with E-state index in [4.69, 9.17) is 23.2 Å². The summed E-state index contributed by atoms with van der Waals surface area (Å²) in [7, 11) is -0.892. The third kappa shape index (κ3) is 4.35. The van der Waals surface area contributed by atoms with Gasteiger partial charge in [0.05, 0.1) is 21.6 Å². The van der Waals surface area contributed by atoms with E-state index in [-0.39, 0.29) is 12.0 Å². The zero-order valence-corrected chi connectivity index (χ0v) is 13.7. The van der Waals surface area contributed by atoms with Crippen LogP contribution in [-0.2, 0) is 16.3 Å². The van der Waals surface area contributed by atoms with Gasteiger partial charge in [-0.1, -0.05) is 29.3 Å². The second-order valence-corrected chi connectivity index (χ2v) is 8.49. The van der Waals surface area contributed by atoms with Gasteiger partial charge in [0.25, 0.3) is 0 Å². The van der Waals surface area contributed by atoms with Crippen LogP contribution in [0.4, 0.5) is 0 Å². The fourth-order valence-corrected chi connectivity index (χ4v) is 4.92. The van der Waals surface area contributed by atoms with Crippen LogP contribution in [0.25, 0.3) is 0 Å². The van der Waals surface area contributed by atoms with Crippen molar-refractivity contribution in [1.82, 2.24) is 5.32 Å². The first-order chi connectivity index (χ1) is 9.39. The summed E-state index contributed by atoms with van der Waals surface area (Å²) in [6, 6.07) is 5.89. The van der Waals surface area contributed by atoms with Crippen LogP contribution in [-0.4, -0.2) is 33.0 Å². The Kier molecular flexibility index (Phi) is 5.35. The summed E-state index contributed by atoms with van der Waals surface area (Å²) in [4.78, 5) is 0. The van der Waals surface area contributed by atoms with Gasteiger partial charge in [0, 0.05) is 6.04 Å². The second kappa shape index (κ2) is 6.65. The summed E-state index contributed by atoms with van der Waals surface area (Å²) >= 11 is 11.9. The molecule has 1 fully saturated rings. The lowest BCUT2D eigenvalue weighted by molar-refractivity contribution is 0.424. The largest absolute Gasteiger partial charge is 0.317 e. The van der Waals surface area contributed by atoms with Gasteiger partial charge in [0.15, 0.2) is 9.84 Å². The molecular weight excluding hydrogens is 317 g/mol. The van der Waals surface area contributed by atoms with E-state index in [2.05, 4.69) is 5.32 Å².